The molecule has 3 nitrogen and oxygen atoms in total. The van der Waals surface area contributed by atoms with Crippen molar-refractivity contribution in [3.63, 3.8) is 0 Å². The van der Waals surface area contributed by atoms with Gasteiger partial charge in [-0.3, -0.25) is 0 Å². The molecule has 1 fully saturated rings. The number of halogens is 1. The van der Waals surface area contributed by atoms with Gasteiger partial charge in [0.2, 0.25) is 5.95 Å². The maximum Gasteiger partial charge on any atom is 0.240 e. The van der Waals surface area contributed by atoms with Crippen molar-refractivity contribution in [3.8, 4) is 11.8 Å². The van der Waals surface area contributed by atoms with E-state index in [1.165, 1.54) is 0 Å². The van der Waals surface area contributed by atoms with Crippen LogP contribution in [0.25, 0.3) is 10.9 Å². The Labute approximate surface area is 117 Å². The van der Waals surface area contributed by atoms with E-state index in [1.807, 2.05) is 19.1 Å². The number of hydrogen-bond acceptors (Lipinski definition) is 2. The molecule has 1 aromatic carbocycles. The van der Waals surface area contributed by atoms with Gasteiger partial charge in [0.25, 0.3) is 0 Å². The molecule has 1 aliphatic heterocycles. The standard InChI is InChI=1S/C16H17FN2O/c1-2-3-6-12-8-9-14-13(11-12)16(17)18-19(14)15-7-4-5-10-20-15/h8-9,11,15H,2,4-5,7,10H2,1H3/t15-/m0/s1. The molecule has 0 bridgehead atoms. The van der Waals surface area contributed by atoms with Gasteiger partial charge in [-0.1, -0.05) is 18.8 Å². The molecule has 104 valence electrons. The first kappa shape index (κ1) is 13.1. The number of nitrogens with zero attached hydrogens (tertiary/aromatic N) is 2. The van der Waals surface area contributed by atoms with Gasteiger partial charge in [-0.15, -0.1) is 5.10 Å². The summed E-state index contributed by atoms with van der Waals surface area (Å²) >= 11 is 0. The number of fused-ring (bicyclic) bond motifs is 1. The first-order valence-corrected chi connectivity index (χ1v) is 7.08. The molecule has 1 aromatic heterocycles. The molecular weight excluding hydrogens is 255 g/mol. The molecule has 4 heteroatoms. The second kappa shape index (κ2) is 5.64. The molecule has 0 aliphatic carbocycles. The second-order valence-electron chi connectivity index (χ2n) is 4.94. The smallest absolute Gasteiger partial charge is 0.240 e. The van der Waals surface area contributed by atoms with Crippen molar-refractivity contribution in [1.29, 1.82) is 0 Å². The highest BCUT2D eigenvalue weighted by Gasteiger charge is 2.21. The summed E-state index contributed by atoms with van der Waals surface area (Å²) in [5, 5.41) is 4.53. The predicted molar refractivity (Wildman–Crippen MR) is 75.7 cm³/mol. The normalized spacial score (nSPS) is 18.8. The number of benzene rings is 1. The van der Waals surface area contributed by atoms with Gasteiger partial charge in [0, 0.05) is 18.6 Å². The van der Waals surface area contributed by atoms with Crippen molar-refractivity contribution < 1.29 is 9.13 Å². The minimum absolute atomic E-state index is 0.150. The van der Waals surface area contributed by atoms with E-state index in [9.17, 15) is 4.39 Å². The fraction of sp³-hybridized carbons (Fsp3) is 0.438. The third-order valence-electron chi connectivity index (χ3n) is 3.50. The molecule has 2 aromatic rings. The largest absolute Gasteiger partial charge is 0.356 e. The minimum atomic E-state index is -0.450. The van der Waals surface area contributed by atoms with Crippen LogP contribution in [-0.2, 0) is 4.74 Å². The average Bonchev–Trinajstić information content (AvgIpc) is 2.83. The lowest BCUT2D eigenvalue weighted by Crippen LogP contribution is -2.19. The molecule has 1 atom stereocenters. The van der Waals surface area contributed by atoms with Gasteiger partial charge in [0.05, 0.1) is 10.9 Å². The van der Waals surface area contributed by atoms with Crippen molar-refractivity contribution in [3.05, 3.63) is 29.7 Å². The first-order chi connectivity index (χ1) is 9.79. The van der Waals surface area contributed by atoms with Gasteiger partial charge in [-0.2, -0.15) is 4.39 Å². The monoisotopic (exact) mass is 272 g/mol. The van der Waals surface area contributed by atoms with E-state index in [0.29, 0.717) is 12.0 Å². The molecule has 1 aliphatic rings. The topological polar surface area (TPSA) is 27.1 Å². The van der Waals surface area contributed by atoms with Crippen LogP contribution in [0.15, 0.2) is 18.2 Å². The molecule has 1 saturated heterocycles. The molecule has 0 N–H and O–H groups in total. The lowest BCUT2D eigenvalue weighted by atomic mass is 10.1. The fourth-order valence-electron chi connectivity index (χ4n) is 2.51. The number of aromatic nitrogens is 2. The molecule has 20 heavy (non-hydrogen) atoms. The zero-order valence-corrected chi connectivity index (χ0v) is 11.5. The Morgan fingerprint density at radius 3 is 3.10 bits per heavy atom. The number of hydrogen-bond donors (Lipinski definition) is 0. The van der Waals surface area contributed by atoms with Gasteiger partial charge >= 0.3 is 0 Å². The van der Waals surface area contributed by atoms with Crippen molar-refractivity contribution in [2.24, 2.45) is 0 Å². The lowest BCUT2D eigenvalue weighted by molar-refractivity contribution is -0.0375. The summed E-state index contributed by atoms with van der Waals surface area (Å²) in [7, 11) is 0. The molecule has 3 rings (SSSR count). The maximum absolute atomic E-state index is 14.0. The highest BCUT2D eigenvalue weighted by Crippen LogP contribution is 2.28. The van der Waals surface area contributed by atoms with E-state index in [-0.39, 0.29) is 6.23 Å². The average molecular weight is 272 g/mol. The summed E-state index contributed by atoms with van der Waals surface area (Å²) < 4.78 is 21.4. The molecule has 2 heterocycles. The van der Waals surface area contributed by atoms with E-state index in [2.05, 4.69) is 16.9 Å². The van der Waals surface area contributed by atoms with Crippen LogP contribution in [0.1, 0.15) is 44.4 Å². The van der Waals surface area contributed by atoms with Gasteiger partial charge in [-0.25, -0.2) is 4.68 Å². The fourth-order valence-corrected chi connectivity index (χ4v) is 2.51. The van der Waals surface area contributed by atoms with Gasteiger partial charge in [-0.05, 0) is 37.5 Å². The van der Waals surface area contributed by atoms with Crippen molar-refractivity contribution in [2.75, 3.05) is 6.61 Å². The Kier molecular flexibility index (Phi) is 3.70. The Hall–Kier alpha value is -1.86. The van der Waals surface area contributed by atoms with Crippen molar-refractivity contribution in [2.45, 2.75) is 38.8 Å². The Bertz CT molecular complexity index is 675. The Morgan fingerprint density at radius 1 is 1.45 bits per heavy atom. The van der Waals surface area contributed by atoms with Gasteiger partial charge in [0.1, 0.15) is 0 Å². The van der Waals surface area contributed by atoms with E-state index < -0.39 is 5.95 Å². The zero-order chi connectivity index (χ0) is 13.9. The molecule has 0 spiro atoms. The third kappa shape index (κ3) is 2.41. The summed E-state index contributed by atoms with van der Waals surface area (Å²) in [6, 6.07) is 5.55. The van der Waals surface area contributed by atoms with E-state index in [0.717, 1.165) is 36.8 Å². The van der Waals surface area contributed by atoms with Crippen molar-refractivity contribution in [1.82, 2.24) is 9.78 Å². The minimum Gasteiger partial charge on any atom is -0.356 e. The van der Waals surface area contributed by atoms with Crippen LogP contribution in [0.5, 0.6) is 0 Å². The summed E-state index contributed by atoms with van der Waals surface area (Å²) in [5.41, 5.74) is 1.60. The molecule has 0 unspecified atom stereocenters. The zero-order valence-electron chi connectivity index (χ0n) is 11.5. The van der Waals surface area contributed by atoms with Crippen LogP contribution in [0, 0.1) is 17.8 Å². The predicted octanol–water partition coefficient (Wildman–Crippen LogP) is 3.64. The summed E-state index contributed by atoms with van der Waals surface area (Å²) in [5.74, 6) is 5.56. The van der Waals surface area contributed by atoms with E-state index >= 15 is 0 Å². The van der Waals surface area contributed by atoms with E-state index in [1.54, 1.807) is 10.7 Å². The van der Waals surface area contributed by atoms with Gasteiger partial charge in [0.15, 0.2) is 6.23 Å². The first-order valence-electron chi connectivity index (χ1n) is 7.08. The summed E-state index contributed by atoms with van der Waals surface area (Å²) in [4.78, 5) is 0. The Balaban J connectivity index is 2.02. The maximum atomic E-state index is 14.0. The number of rotatable bonds is 1. The quantitative estimate of drug-likeness (QED) is 0.741. The van der Waals surface area contributed by atoms with Crippen LogP contribution < -0.4 is 0 Å². The van der Waals surface area contributed by atoms with Crippen LogP contribution in [0.4, 0.5) is 4.39 Å². The summed E-state index contributed by atoms with van der Waals surface area (Å²) in [6.07, 6.45) is 3.68. The SMILES string of the molecule is CCC#Cc1ccc2c(c1)c(F)nn2[C@@H]1CCCCO1. The second-order valence-corrected chi connectivity index (χ2v) is 4.94. The van der Waals surface area contributed by atoms with Crippen LogP contribution in [0.3, 0.4) is 0 Å². The molecule has 0 saturated carbocycles. The van der Waals surface area contributed by atoms with Crippen LogP contribution >= 0.6 is 0 Å². The molecule has 0 radical (unpaired) electrons. The number of ether oxygens (including phenoxy) is 1. The highest BCUT2D eigenvalue weighted by molar-refractivity contribution is 5.81. The molecule has 0 amide bonds. The van der Waals surface area contributed by atoms with Crippen molar-refractivity contribution >= 4 is 10.9 Å². The van der Waals surface area contributed by atoms with Crippen LogP contribution in [0.2, 0.25) is 0 Å². The van der Waals surface area contributed by atoms with Crippen LogP contribution in [-0.4, -0.2) is 16.4 Å². The highest BCUT2D eigenvalue weighted by atomic mass is 19.1. The van der Waals surface area contributed by atoms with Gasteiger partial charge < -0.3 is 4.74 Å². The lowest BCUT2D eigenvalue weighted by Gasteiger charge is -2.23. The third-order valence-corrected chi connectivity index (χ3v) is 3.50. The summed E-state index contributed by atoms with van der Waals surface area (Å²) in [6.45, 7) is 2.71. The molecular formula is C16H17FN2O. The van der Waals surface area contributed by atoms with E-state index in [4.69, 9.17) is 4.74 Å². The Morgan fingerprint density at radius 2 is 2.35 bits per heavy atom.